The third kappa shape index (κ3) is 3.06. The van der Waals surface area contributed by atoms with Gasteiger partial charge in [0.15, 0.2) is 0 Å². The van der Waals surface area contributed by atoms with Crippen molar-refractivity contribution in [1.82, 2.24) is 9.97 Å². The summed E-state index contributed by atoms with van der Waals surface area (Å²) < 4.78 is 0. The first kappa shape index (κ1) is 12.1. The number of carboxylic acids is 1. The fourth-order valence-corrected chi connectivity index (χ4v) is 2.35. The fraction of sp³-hybridized carbons (Fsp3) is 0.545. The van der Waals surface area contributed by atoms with Crippen molar-refractivity contribution in [2.24, 2.45) is 5.92 Å². The maximum atomic E-state index is 11.1. The zero-order valence-corrected chi connectivity index (χ0v) is 10.0. The monoisotopic (exact) mass is 255 g/mol. The summed E-state index contributed by atoms with van der Waals surface area (Å²) in [5, 5.41) is 12.6. The number of nitrogens with one attached hydrogen (secondary N) is 1. The summed E-state index contributed by atoms with van der Waals surface area (Å²) in [7, 11) is 0. The first-order valence-corrected chi connectivity index (χ1v) is 6.01. The zero-order valence-electron chi connectivity index (χ0n) is 9.27. The second-order valence-electron chi connectivity index (χ2n) is 4.21. The van der Waals surface area contributed by atoms with Crippen LogP contribution in [0, 0.1) is 5.92 Å². The van der Waals surface area contributed by atoms with Gasteiger partial charge in [0.25, 0.3) is 0 Å². The van der Waals surface area contributed by atoms with Gasteiger partial charge < -0.3 is 10.4 Å². The average Bonchev–Trinajstić information content (AvgIpc) is 2.29. The summed E-state index contributed by atoms with van der Waals surface area (Å²) in [6.07, 6.45) is 6.56. The van der Waals surface area contributed by atoms with Crippen LogP contribution in [0.25, 0.3) is 0 Å². The Morgan fingerprint density at radius 2 is 2.18 bits per heavy atom. The molecule has 0 saturated heterocycles. The van der Waals surface area contributed by atoms with Gasteiger partial charge in [-0.1, -0.05) is 24.4 Å². The molecule has 0 amide bonds. The van der Waals surface area contributed by atoms with E-state index in [2.05, 4.69) is 15.3 Å². The van der Waals surface area contributed by atoms with E-state index in [9.17, 15) is 4.79 Å². The van der Waals surface area contributed by atoms with Crippen molar-refractivity contribution in [3.05, 3.63) is 17.5 Å². The van der Waals surface area contributed by atoms with Crippen LogP contribution >= 0.6 is 11.6 Å². The molecule has 6 heteroatoms. The minimum Gasteiger partial charge on any atom is -0.481 e. The van der Waals surface area contributed by atoms with Crippen LogP contribution in [0.3, 0.4) is 0 Å². The lowest BCUT2D eigenvalue weighted by atomic mass is 9.84. The third-order valence-corrected chi connectivity index (χ3v) is 3.20. The number of anilines is 1. The van der Waals surface area contributed by atoms with Crippen LogP contribution in [0.2, 0.25) is 5.15 Å². The molecule has 1 aromatic heterocycles. The van der Waals surface area contributed by atoms with Crippen molar-refractivity contribution in [3.63, 3.8) is 0 Å². The van der Waals surface area contributed by atoms with E-state index in [-0.39, 0.29) is 12.0 Å². The van der Waals surface area contributed by atoms with Crippen LogP contribution in [0.4, 0.5) is 5.82 Å². The van der Waals surface area contributed by atoms with Gasteiger partial charge in [0.2, 0.25) is 0 Å². The Bertz CT molecular complexity index is 413. The van der Waals surface area contributed by atoms with Crippen molar-refractivity contribution in [2.75, 3.05) is 5.32 Å². The Morgan fingerprint density at radius 3 is 2.88 bits per heavy atom. The zero-order chi connectivity index (χ0) is 12.3. The number of aliphatic carboxylic acids is 1. The molecule has 1 aliphatic rings. The van der Waals surface area contributed by atoms with Gasteiger partial charge in [-0.05, 0) is 12.8 Å². The summed E-state index contributed by atoms with van der Waals surface area (Å²) in [5.74, 6) is -0.572. The molecule has 0 aromatic carbocycles. The van der Waals surface area contributed by atoms with Crippen molar-refractivity contribution in [3.8, 4) is 0 Å². The van der Waals surface area contributed by atoms with E-state index in [4.69, 9.17) is 16.7 Å². The molecular weight excluding hydrogens is 242 g/mol. The maximum Gasteiger partial charge on any atom is 0.308 e. The summed E-state index contributed by atoms with van der Waals surface area (Å²) in [6, 6.07) is -0.0889. The van der Waals surface area contributed by atoms with E-state index in [1.54, 1.807) is 6.20 Å². The van der Waals surface area contributed by atoms with Gasteiger partial charge in [0.1, 0.15) is 11.0 Å². The summed E-state index contributed by atoms with van der Waals surface area (Å²) in [5.41, 5.74) is 0. The topological polar surface area (TPSA) is 75.1 Å². The molecular formula is C11H14ClN3O2. The number of hydrogen-bond donors (Lipinski definition) is 2. The average molecular weight is 256 g/mol. The Balaban J connectivity index is 2.08. The Labute approximate surface area is 104 Å². The highest BCUT2D eigenvalue weighted by molar-refractivity contribution is 6.29. The molecule has 2 atom stereocenters. The van der Waals surface area contributed by atoms with E-state index >= 15 is 0 Å². The van der Waals surface area contributed by atoms with E-state index in [0.717, 1.165) is 19.3 Å². The maximum absolute atomic E-state index is 11.1. The Hall–Kier alpha value is -1.36. The second-order valence-corrected chi connectivity index (χ2v) is 4.59. The molecule has 0 spiro atoms. The minimum atomic E-state index is -0.753. The molecule has 92 valence electrons. The van der Waals surface area contributed by atoms with Gasteiger partial charge in [-0.25, -0.2) is 4.98 Å². The largest absolute Gasteiger partial charge is 0.481 e. The predicted molar refractivity (Wildman–Crippen MR) is 64.0 cm³/mol. The molecule has 5 nitrogen and oxygen atoms in total. The molecule has 1 saturated carbocycles. The van der Waals surface area contributed by atoms with Crippen molar-refractivity contribution in [2.45, 2.75) is 31.7 Å². The molecule has 0 aliphatic heterocycles. The summed E-state index contributed by atoms with van der Waals surface area (Å²) in [6.45, 7) is 0. The molecule has 0 radical (unpaired) electrons. The summed E-state index contributed by atoms with van der Waals surface area (Å²) in [4.78, 5) is 19.1. The number of hydrogen-bond acceptors (Lipinski definition) is 4. The molecule has 17 heavy (non-hydrogen) atoms. The van der Waals surface area contributed by atoms with Crippen LogP contribution < -0.4 is 5.32 Å². The van der Waals surface area contributed by atoms with E-state index in [0.29, 0.717) is 17.4 Å². The van der Waals surface area contributed by atoms with Crippen LogP contribution in [-0.2, 0) is 4.79 Å². The molecule has 2 N–H and O–H groups in total. The number of halogens is 1. The van der Waals surface area contributed by atoms with E-state index in [1.807, 2.05) is 0 Å². The predicted octanol–water partition coefficient (Wildman–Crippen LogP) is 2.19. The molecule has 1 aromatic rings. The third-order valence-electron chi connectivity index (χ3n) is 3.02. The lowest BCUT2D eigenvalue weighted by Gasteiger charge is -2.29. The van der Waals surface area contributed by atoms with Crippen molar-refractivity contribution >= 4 is 23.4 Å². The van der Waals surface area contributed by atoms with Crippen LogP contribution in [0.15, 0.2) is 12.4 Å². The van der Waals surface area contributed by atoms with Crippen LogP contribution in [0.1, 0.15) is 25.7 Å². The van der Waals surface area contributed by atoms with Gasteiger partial charge in [-0.3, -0.25) is 9.78 Å². The second kappa shape index (κ2) is 5.31. The highest BCUT2D eigenvalue weighted by Crippen LogP contribution is 2.27. The molecule has 1 heterocycles. The number of carboxylic acid groups (broad SMARTS) is 1. The number of carbonyl (C=O) groups is 1. The number of aromatic nitrogens is 2. The summed E-state index contributed by atoms with van der Waals surface area (Å²) >= 11 is 5.73. The standard InChI is InChI=1S/C11H14ClN3O2/c12-9-5-13-6-10(15-9)14-8-4-2-1-3-7(8)11(16)17/h5-8H,1-4H2,(H,14,15)(H,16,17). The van der Waals surface area contributed by atoms with E-state index < -0.39 is 5.97 Å². The highest BCUT2D eigenvalue weighted by atomic mass is 35.5. The highest BCUT2D eigenvalue weighted by Gasteiger charge is 2.30. The lowest BCUT2D eigenvalue weighted by Crippen LogP contribution is -2.37. The van der Waals surface area contributed by atoms with Gasteiger partial charge >= 0.3 is 5.97 Å². The quantitative estimate of drug-likeness (QED) is 0.866. The first-order chi connectivity index (χ1) is 8.16. The molecule has 1 aliphatic carbocycles. The van der Waals surface area contributed by atoms with Crippen LogP contribution in [-0.4, -0.2) is 27.1 Å². The van der Waals surface area contributed by atoms with Gasteiger partial charge in [-0.2, -0.15) is 0 Å². The van der Waals surface area contributed by atoms with E-state index in [1.165, 1.54) is 6.20 Å². The Morgan fingerprint density at radius 1 is 1.41 bits per heavy atom. The van der Waals surface area contributed by atoms with Crippen LogP contribution in [0.5, 0.6) is 0 Å². The molecule has 0 bridgehead atoms. The van der Waals surface area contributed by atoms with Gasteiger partial charge in [-0.15, -0.1) is 0 Å². The molecule has 2 unspecified atom stereocenters. The van der Waals surface area contributed by atoms with Gasteiger partial charge in [0.05, 0.1) is 18.3 Å². The normalized spacial score (nSPS) is 24.3. The number of rotatable bonds is 3. The fourth-order valence-electron chi connectivity index (χ4n) is 2.20. The SMILES string of the molecule is O=C(O)C1CCCCC1Nc1cncc(Cl)n1. The minimum absolute atomic E-state index is 0.0889. The smallest absolute Gasteiger partial charge is 0.308 e. The Kier molecular flexibility index (Phi) is 3.78. The number of nitrogens with zero attached hydrogens (tertiary/aromatic N) is 2. The lowest BCUT2D eigenvalue weighted by molar-refractivity contribution is -0.143. The van der Waals surface area contributed by atoms with Crippen molar-refractivity contribution < 1.29 is 9.90 Å². The molecule has 1 fully saturated rings. The molecule has 2 rings (SSSR count). The van der Waals surface area contributed by atoms with Gasteiger partial charge in [0, 0.05) is 6.04 Å². The van der Waals surface area contributed by atoms with Crippen molar-refractivity contribution in [1.29, 1.82) is 0 Å². The first-order valence-electron chi connectivity index (χ1n) is 5.63.